The third kappa shape index (κ3) is 2.95. The smallest absolute Gasteiger partial charge is 0.322 e. The van der Waals surface area contributed by atoms with Crippen LogP contribution in [0, 0.1) is 12.7 Å². The Morgan fingerprint density at radius 2 is 2.21 bits per heavy atom. The highest BCUT2D eigenvalue weighted by Gasteiger charge is 2.07. The van der Waals surface area contributed by atoms with Crippen molar-refractivity contribution >= 4 is 5.84 Å². The molecule has 7 heteroatoms. The lowest BCUT2D eigenvalue weighted by atomic mass is 10.2. The van der Waals surface area contributed by atoms with Gasteiger partial charge in [0.15, 0.2) is 5.84 Å². The van der Waals surface area contributed by atoms with Crippen molar-refractivity contribution in [1.29, 1.82) is 0 Å². The zero-order chi connectivity index (χ0) is 13.8. The third-order valence-electron chi connectivity index (χ3n) is 2.34. The van der Waals surface area contributed by atoms with Crippen LogP contribution in [0.15, 0.2) is 35.6 Å². The first kappa shape index (κ1) is 12.7. The summed E-state index contributed by atoms with van der Waals surface area (Å²) in [6.45, 7) is 1.70. The number of oxime groups is 1. The van der Waals surface area contributed by atoms with Crippen LogP contribution in [0.5, 0.6) is 11.8 Å². The second-order valence-corrected chi connectivity index (χ2v) is 3.72. The molecule has 2 rings (SSSR count). The van der Waals surface area contributed by atoms with E-state index >= 15 is 0 Å². The van der Waals surface area contributed by atoms with E-state index in [1.807, 2.05) is 0 Å². The molecular weight excluding hydrogens is 251 g/mol. The van der Waals surface area contributed by atoms with Crippen LogP contribution in [-0.2, 0) is 0 Å². The van der Waals surface area contributed by atoms with E-state index in [4.69, 9.17) is 15.7 Å². The van der Waals surface area contributed by atoms with E-state index in [0.717, 1.165) is 0 Å². The van der Waals surface area contributed by atoms with Crippen LogP contribution >= 0.6 is 0 Å². The van der Waals surface area contributed by atoms with E-state index in [2.05, 4.69) is 15.1 Å². The molecule has 3 N–H and O–H groups in total. The van der Waals surface area contributed by atoms with E-state index < -0.39 is 0 Å². The van der Waals surface area contributed by atoms with E-state index in [-0.39, 0.29) is 23.4 Å². The maximum absolute atomic E-state index is 13.0. The molecule has 0 aliphatic rings. The molecule has 0 amide bonds. The molecule has 0 radical (unpaired) electrons. The number of hydrogen-bond donors (Lipinski definition) is 2. The number of aromatic nitrogens is 2. The highest BCUT2D eigenvalue weighted by Crippen LogP contribution is 2.22. The molecule has 1 heterocycles. The second-order valence-electron chi connectivity index (χ2n) is 3.72. The summed E-state index contributed by atoms with van der Waals surface area (Å²) in [4.78, 5) is 7.86. The summed E-state index contributed by atoms with van der Waals surface area (Å²) in [7, 11) is 0. The predicted molar refractivity (Wildman–Crippen MR) is 65.8 cm³/mol. The van der Waals surface area contributed by atoms with Gasteiger partial charge >= 0.3 is 6.01 Å². The van der Waals surface area contributed by atoms with Gasteiger partial charge in [0.05, 0.1) is 0 Å². The van der Waals surface area contributed by atoms with Crippen LogP contribution in [0.2, 0.25) is 0 Å². The lowest BCUT2D eigenvalue weighted by Gasteiger charge is -2.07. The van der Waals surface area contributed by atoms with Crippen molar-refractivity contribution in [2.24, 2.45) is 10.9 Å². The highest BCUT2D eigenvalue weighted by atomic mass is 19.1. The van der Waals surface area contributed by atoms with Gasteiger partial charge in [0, 0.05) is 6.20 Å². The van der Waals surface area contributed by atoms with Crippen LogP contribution in [0.3, 0.4) is 0 Å². The summed E-state index contributed by atoms with van der Waals surface area (Å²) in [5.41, 5.74) is 6.25. The van der Waals surface area contributed by atoms with Crippen molar-refractivity contribution in [2.45, 2.75) is 6.92 Å². The number of amidine groups is 1. The van der Waals surface area contributed by atoms with E-state index in [1.165, 1.54) is 30.5 Å². The Kier molecular flexibility index (Phi) is 3.56. The third-order valence-corrected chi connectivity index (χ3v) is 2.34. The molecule has 6 nitrogen and oxygen atoms in total. The van der Waals surface area contributed by atoms with Crippen LogP contribution < -0.4 is 10.5 Å². The topological polar surface area (TPSA) is 93.6 Å². The molecule has 0 spiro atoms. The minimum absolute atomic E-state index is 0.0267. The maximum Gasteiger partial charge on any atom is 0.322 e. The first-order valence-corrected chi connectivity index (χ1v) is 5.35. The quantitative estimate of drug-likeness (QED) is 0.381. The summed E-state index contributed by atoms with van der Waals surface area (Å²) < 4.78 is 18.4. The second kappa shape index (κ2) is 5.30. The lowest BCUT2D eigenvalue weighted by molar-refractivity contribution is 0.318. The Balaban J connectivity index is 2.28. The fourth-order valence-electron chi connectivity index (χ4n) is 1.41. The first-order valence-electron chi connectivity index (χ1n) is 5.35. The summed E-state index contributed by atoms with van der Waals surface area (Å²) in [5, 5.41) is 11.4. The fraction of sp³-hybridized carbons (Fsp3) is 0.0833. The number of nitrogens with two attached hydrogens (primary N) is 1. The van der Waals surface area contributed by atoms with Crippen LogP contribution in [-0.4, -0.2) is 21.0 Å². The number of halogens is 1. The van der Waals surface area contributed by atoms with Gasteiger partial charge in [-0.2, -0.15) is 4.98 Å². The van der Waals surface area contributed by atoms with Crippen molar-refractivity contribution in [2.75, 3.05) is 0 Å². The Hall–Kier alpha value is -2.70. The minimum Gasteiger partial charge on any atom is -0.424 e. The van der Waals surface area contributed by atoms with Crippen LogP contribution in [0.4, 0.5) is 4.39 Å². The van der Waals surface area contributed by atoms with Crippen molar-refractivity contribution in [1.82, 2.24) is 9.97 Å². The summed E-state index contributed by atoms with van der Waals surface area (Å²) in [5.74, 6) is -0.0719. The first-order chi connectivity index (χ1) is 9.10. The number of nitrogens with zero attached hydrogens (tertiary/aromatic N) is 3. The minimum atomic E-state index is -0.351. The van der Waals surface area contributed by atoms with Crippen molar-refractivity contribution in [3.8, 4) is 11.8 Å². The molecule has 19 heavy (non-hydrogen) atoms. The molecule has 0 bridgehead atoms. The van der Waals surface area contributed by atoms with Gasteiger partial charge in [0.1, 0.15) is 17.3 Å². The molecule has 0 unspecified atom stereocenters. The van der Waals surface area contributed by atoms with E-state index in [0.29, 0.717) is 11.3 Å². The van der Waals surface area contributed by atoms with Gasteiger partial charge in [-0.15, -0.1) is 0 Å². The van der Waals surface area contributed by atoms with Gasteiger partial charge in [-0.05, 0) is 36.8 Å². The largest absolute Gasteiger partial charge is 0.424 e. The zero-order valence-electron chi connectivity index (χ0n) is 10.0. The molecule has 98 valence electrons. The monoisotopic (exact) mass is 262 g/mol. The normalized spacial score (nSPS) is 11.4. The zero-order valence-corrected chi connectivity index (χ0v) is 10.0. The number of benzene rings is 1. The summed E-state index contributed by atoms with van der Waals surface area (Å²) >= 11 is 0. The van der Waals surface area contributed by atoms with Gasteiger partial charge in [-0.25, -0.2) is 9.37 Å². The van der Waals surface area contributed by atoms with Crippen LogP contribution in [0.1, 0.15) is 11.3 Å². The predicted octanol–water partition coefficient (Wildman–Crippen LogP) is 1.81. The molecule has 0 aliphatic carbocycles. The summed E-state index contributed by atoms with van der Waals surface area (Å²) in [6.07, 6.45) is 1.41. The van der Waals surface area contributed by atoms with Crippen molar-refractivity contribution in [3.63, 3.8) is 0 Å². The van der Waals surface area contributed by atoms with Gasteiger partial charge in [-0.1, -0.05) is 5.16 Å². The molecule has 0 atom stereocenters. The van der Waals surface area contributed by atoms with E-state index in [9.17, 15) is 4.39 Å². The number of hydrogen-bond acceptors (Lipinski definition) is 5. The molecule has 2 aromatic rings. The van der Waals surface area contributed by atoms with E-state index in [1.54, 1.807) is 6.92 Å². The SMILES string of the molecule is Cc1cc(F)ccc1Oc1nccc(/C(N)=N/O)n1. The maximum atomic E-state index is 13.0. The number of rotatable bonds is 3. The molecular formula is C12H11FN4O2. The highest BCUT2D eigenvalue weighted by molar-refractivity contribution is 5.95. The van der Waals surface area contributed by atoms with Gasteiger partial charge in [0.25, 0.3) is 0 Å². The average molecular weight is 262 g/mol. The molecule has 1 aromatic heterocycles. The fourth-order valence-corrected chi connectivity index (χ4v) is 1.41. The Labute approximate surface area is 108 Å². The summed E-state index contributed by atoms with van der Waals surface area (Å²) in [6, 6.07) is 5.58. The molecule has 0 saturated heterocycles. The van der Waals surface area contributed by atoms with Gasteiger partial charge in [-0.3, -0.25) is 0 Å². The standard InChI is InChI=1S/C12H11FN4O2/c1-7-6-8(13)2-3-10(7)19-12-15-5-4-9(16-12)11(14)17-18/h2-6,18H,1H3,(H2,14,17). The Bertz CT molecular complexity index is 631. The van der Waals surface area contributed by atoms with Crippen molar-refractivity contribution in [3.05, 3.63) is 47.5 Å². The Morgan fingerprint density at radius 3 is 2.89 bits per heavy atom. The van der Waals surface area contributed by atoms with Crippen LogP contribution in [0.25, 0.3) is 0 Å². The van der Waals surface area contributed by atoms with Gasteiger partial charge < -0.3 is 15.7 Å². The Morgan fingerprint density at radius 1 is 1.42 bits per heavy atom. The molecule has 0 saturated carbocycles. The number of aryl methyl sites for hydroxylation is 1. The lowest BCUT2D eigenvalue weighted by Crippen LogP contribution is -2.15. The molecule has 0 fully saturated rings. The van der Waals surface area contributed by atoms with Gasteiger partial charge in [0.2, 0.25) is 0 Å². The molecule has 0 aliphatic heterocycles. The number of ether oxygens (including phenoxy) is 1. The van der Waals surface area contributed by atoms with Crippen molar-refractivity contribution < 1.29 is 14.3 Å². The molecule has 1 aromatic carbocycles. The average Bonchev–Trinajstić information content (AvgIpc) is 2.41.